The van der Waals surface area contributed by atoms with Crippen molar-refractivity contribution in [1.29, 1.82) is 0 Å². The lowest BCUT2D eigenvalue weighted by molar-refractivity contribution is -0.384. The minimum absolute atomic E-state index is 0.0671. The molecular formula is C12H16N2O4. The maximum atomic E-state index is 10.6. The summed E-state index contributed by atoms with van der Waals surface area (Å²) in [6, 6.07) is 6.47. The number of nitrogens with zero attached hydrogens (tertiary/aromatic N) is 1. The predicted octanol–water partition coefficient (Wildman–Crippen LogP) is 1.10. The number of non-ortho nitro benzene ring substituents is 1. The zero-order chi connectivity index (χ0) is 12.8. The van der Waals surface area contributed by atoms with Crippen molar-refractivity contribution in [1.82, 2.24) is 5.32 Å². The number of nitrogens with one attached hydrogen (secondary N) is 1. The Morgan fingerprint density at radius 2 is 2.44 bits per heavy atom. The summed E-state index contributed by atoms with van der Waals surface area (Å²) in [6.45, 7) is 3.22. The van der Waals surface area contributed by atoms with Gasteiger partial charge in [-0.2, -0.15) is 0 Å². The zero-order valence-electron chi connectivity index (χ0n) is 10.0. The minimum Gasteiger partial charge on any atom is -0.374 e. The highest BCUT2D eigenvalue weighted by Crippen LogP contribution is 2.13. The fourth-order valence-corrected chi connectivity index (χ4v) is 1.79. The monoisotopic (exact) mass is 252 g/mol. The van der Waals surface area contributed by atoms with Gasteiger partial charge in [0, 0.05) is 25.2 Å². The van der Waals surface area contributed by atoms with Crippen LogP contribution in [0.5, 0.6) is 0 Å². The van der Waals surface area contributed by atoms with Gasteiger partial charge in [0.25, 0.3) is 5.69 Å². The molecule has 98 valence electrons. The normalized spacial score (nSPS) is 19.7. The van der Waals surface area contributed by atoms with Crippen molar-refractivity contribution < 1.29 is 14.4 Å². The maximum Gasteiger partial charge on any atom is 0.269 e. The van der Waals surface area contributed by atoms with Crippen LogP contribution in [0, 0.1) is 10.1 Å². The molecule has 6 heteroatoms. The number of hydrogen-bond donors (Lipinski definition) is 1. The topological polar surface area (TPSA) is 73.6 Å². The Bertz CT molecular complexity index is 405. The minimum atomic E-state index is -0.405. The van der Waals surface area contributed by atoms with Gasteiger partial charge in [-0.1, -0.05) is 12.1 Å². The lowest BCUT2D eigenvalue weighted by Crippen LogP contribution is -2.40. The Kier molecular flexibility index (Phi) is 4.63. The van der Waals surface area contributed by atoms with Crippen LogP contribution in [0.1, 0.15) is 5.56 Å². The number of nitro benzene ring substituents is 1. The molecule has 0 bridgehead atoms. The van der Waals surface area contributed by atoms with E-state index in [0.717, 1.165) is 18.7 Å². The third-order valence-corrected chi connectivity index (χ3v) is 2.70. The van der Waals surface area contributed by atoms with Crippen LogP contribution < -0.4 is 5.32 Å². The largest absolute Gasteiger partial charge is 0.374 e. The Labute approximate surface area is 105 Å². The van der Waals surface area contributed by atoms with E-state index < -0.39 is 4.92 Å². The van der Waals surface area contributed by atoms with Gasteiger partial charge in [0.1, 0.15) is 0 Å². The number of benzene rings is 1. The van der Waals surface area contributed by atoms with Crippen molar-refractivity contribution in [3.8, 4) is 0 Å². The third kappa shape index (κ3) is 3.76. The Hall–Kier alpha value is -1.50. The van der Waals surface area contributed by atoms with E-state index in [1.165, 1.54) is 12.1 Å². The number of rotatable bonds is 5. The molecule has 1 fully saturated rings. The van der Waals surface area contributed by atoms with Crippen LogP contribution in [0.3, 0.4) is 0 Å². The molecule has 0 spiro atoms. The molecule has 0 amide bonds. The molecule has 0 aliphatic carbocycles. The summed E-state index contributed by atoms with van der Waals surface area (Å²) in [5, 5.41) is 13.8. The maximum absolute atomic E-state index is 10.6. The van der Waals surface area contributed by atoms with Crippen molar-refractivity contribution >= 4 is 5.69 Å². The highest BCUT2D eigenvalue weighted by molar-refractivity contribution is 5.33. The zero-order valence-corrected chi connectivity index (χ0v) is 10.0. The van der Waals surface area contributed by atoms with E-state index in [0.29, 0.717) is 19.8 Å². The van der Waals surface area contributed by atoms with Gasteiger partial charge in [-0.15, -0.1) is 0 Å². The second-order valence-corrected chi connectivity index (χ2v) is 4.14. The highest BCUT2D eigenvalue weighted by atomic mass is 16.6. The summed E-state index contributed by atoms with van der Waals surface area (Å²) in [6.07, 6.45) is 0.0671. The first-order valence-electron chi connectivity index (χ1n) is 5.89. The number of hydrogen-bond acceptors (Lipinski definition) is 5. The Morgan fingerprint density at radius 1 is 1.56 bits per heavy atom. The molecule has 1 heterocycles. The van der Waals surface area contributed by atoms with E-state index in [1.807, 2.05) is 6.07 Å². The van der Waals surface area contributed by atoms with Gasteiger partial charge >= 0.3 is 0 Å². The number of morpholine rings is 1. The number of nitro groups is 1. The molecular weight excluding hydrogens is 236 g/mol. The smallest absolute Gasteiger partial charge is 0.269 e. The Morgan fingerprint density at radius 3 is 3.17 bits per heavy atom. The second-order valence-electron chi connectivity index (χ2n) is 4.14. The molecule has 1 atom stereocenters. The van der Waals surface area contributed by atoms with E-state index in [9.17, 15) is 10.1 Å². The van der Waals surface area contributed by atoms with Gasteiger partial charge in [-0.25, -0.2) is 0 Å². The average Bonchev–Trinajstić information content (AvgIpc) is 2.40. The van der Waals surface area contributed by atoms with Crippen molar-refractivity contribution in [2.75, 3.05) is 26.3 Å². The van der Waals surface area contributed by atoms with Crippen LogP contribution in [0.4, 0.5) is 5.69 Å². The van der Waals surface area contributed by atoms with Crippen LogP contribution in [0.25, 0.3) is 0 Å². The predicted molar refractivity (Wildman–Crippen MR) is 65.4 cm³/mol. The lowest BCUT2D eigenvalue weighted by Gasteiger charge is -2.23. The van der Waals surface area contributed by atoms with Crippen molar-refractivity contribution in [2.45, 2.75) is 12.7 Å². The summed E-state index contributed by atoms with van der Waals surface area (Å²) >= 11 is 0. The van der Waals surface area contributed by atoms with Crippen LogP contribution in [-0.2, 0) is 16.1 Å². The quantitative estimate of drug-likeness (QED) is 0.627. The van der Waals surface area contributed by atoms with Gasteiger partial charge in [0.05, 0.1) is 30.8 Å². The van der Waals surface area contributed by atoms with Gasteiger partial charge in [0.15, 0.2) is 0 Å². The van der Waals surface area contributed by atoms with Crippen LogP contribution in [-0.4, -0.2) is 37.3 Å². The molecule has 1 aliphatic heterocycles. The van der Waals surface area contributed by atoms with E-state index in [1.54, 1.807) is 6.07 Å². The molecule has 1 unspecified atom stereocenters. The van der Waals surface area contributed by atoms with Gasteiger partial charge in [0.2, 0.25) is 0 Å². The summed E-state index contributed by atoms with van der Waals surface area (Å²) in [4.78, 5) is 10.2. The summed E-state index contributed by atoms with van der Waals surface area (Å²) in [5.41, 5.74) is 0.889. The fraction of sp³-hybridized carbons (Fsp3) is 0.500. The molecule has 1 aromatic carbocycles. The van der Waals surface area contributed by atoms with E-state index >= 15 is 0 Å². The van der Waals surface area contributed by atoms with Gasteiger partial charge in [-0.05, 0) is 5.56 Å². The van der Waals surface area contributed by atoms with E-state index in [-0.39, 0.29) is 11.8 Å². The number of ether oxygens (including phenoxy) is 2. The molecule has 2 rings (SSSR count). The summed E-state index contributed by atoms with van der Waals surface area (Å²) in [5.74, 6) is 0. The molecule has 1 aromatic rings. The molecule has 0 saturated carbocycles. The molecule has 1 N–H and O–H groups in total. The van der Waals surface area contributed by atoms with Gasteiger partial charge in [-0.3, -0.25) is 10.1 Å². The first-order chi connectivity index (χ1) is 8.75. The SMILES string of the molecule is O=[N+]([O-])c1cccc(COCC2CNCCO2)c1. The van der Waals surface area contributed by atoms with Crippen LogP contribution in [0.2, 0.25) is 0 Å². The van der Waals surface area contributed by atoms with E-state index in [2.05, 4.69) is 5.32 Å². The van der Waals surface area contributed by atoms with Crippen LogP contribution in [0.15, 0.2) is 24.3 Å². The first-order valence-corrected chi connectivity index (χ1v) is 5.89. The average molecular weight is 252 g/mol. The third-order valence-electron chi connectivity index (χ3n) is 2.70. The first kappa shape index (κ1) is 12.9. The molecule has 1 saturated heterocycles. The Balaban J connectivity index is 1.78. The standard InChI is InChI=1S/C12H16N2O4/c15-14(16)11-3-1-2-10(6-11)8-17-9-12-7-13-4-5-18-12/h1-3,6,12-13H,4-5,7-9H2. The molecule has 6 nitrogen and oxygen atoms in total. The van der Waals surface area contributed by atoms with Gasteiger partial charge < -0.3 is 14.8 Å². The fourth-order valence-electron chi connectivity index (χ4n) is 1.79. The highest BCUT2D eigenvalue weighted by Gasteiger charge is 2.13. The second kappa shape index (κ2) is 6.44. The summed E-state index contributed by atoms with van der Waals surface area (Å²) < 4.78 is 11.0. The van der Waals surface area contributed by atoms with E-state index in [4.69, 9.17) is 9.47 Å². The molecule has 0 radical (unpaired) electrons. The molecule has 0 aromatic heterocycles. The summed E-state index contributed by atoms with van der Waals surface area (Å²) in [7, 11) is 0. The van der Waals surface area contributed by atoms with Crippen LogP contribution >= 0.6 is 0 Å². The molecule has 18 heavy (non-hydrogen) atoms. The van der Waals surface area contributed by atoms with Crippen molar-refractivity contribution in [2.24, 2.45) is 0 Å². The lowest BCUT2D eigenvalue weighted by atomic mass is 10.2. The van der Waals surface area contributed by atoms with Crippen molar-refractivity contribution in [3.63, 3.8) is 0 Å². The molecule has 1 aliphatic rings. The van der Waals surface area contributed by atoms with Crippen molar-refractivity contribution in [3.05, 3.63) is 39.9 Å².